The van der Waals surface area contributed by atoms with E-state index in [9.17, 15) is 19.8 Å². The van der Waals surface area contributed by atoms with Gasteiger partial charge >= 0.3 is 0 Å². The molecule has 3 fully saturated rings. The predicted octanol–water partition coefficient (Wildman–Crippen LogP) is 4.99. The quantitative estimate of drug-likeness (QED) is 0.116. The number of nitrogens with zero attached hydrogens (tertiary/aromatic N) is 3. The lowest BCUT2D eigenvalue weighted by molar-refractivity contribution is -0.204. The highest BCUT2D eigenvalue weighted by Gasteiger charge is 2.76. The van der Waals surface area contributed by atoms with Crippen LogP contribution in [0.15, 0.2) is 24.5 Å². The summed E-state index contributed by atoms with van der Waals surface area (Å²) >= 11 is 13.0. The fourth-order valence-corrected chi connectivity index (χ4v) is 9.69. The molecule has 4 heterocycles. The summed E-state index contributed by atoms with van der Waals surface area (Å²) in [6.45, 7) is 6.14. The summed E-state index contributed by atoms with van der Waals surface area (Å²) in [7, 11) is 3.64. The Kier molecular flexibility index (Phi) is 7.70. The molecule has 4 aromatic rings. The summed E-state index contributed by atoms with van der Waals surface area (Å²) in [6.07, 6.45) is 4.03. The van der Waals surface area contributed by atoms with E-state index in [1.165, 1.54) is 0 Å². The van der Waals surface area contributed by atoms with Crippen molar-refractivity contribution in [1.29, 1.82) is 0 Å². The Morgan fingerprint density at radius 3 is 2.00 bits per heavy atom. The monoisotopic (exact) mass is 708 g/mol. The molecule has 2 aromatic carbocycles. The molecular formula is C36H42Cl2N6O5. The fourth-order valence-electron chi connectivity index (χ4n) is 9.18. The van der Waals surface area contributed by atoms with E-state index in [-0.39, 0.29) is 29.4 Å². The average Bonchev–Trinajstić information content (AvgIpc) is 3.81. The van der Waals surface area contributed by atoms with Crippen LogP contribution in [0, 0.1) is 24.7 Å². The Hall–Kier alpha value is -3.48. The second-order valence-electron chi connectivity index (χ2n) is 14.7. The number of aliphatic hydroxyl groups excluding tert-OH is 1. The first kappa shape index (κ1) is 32.7. The highest BCUT2D eigenvalue weighted by molar-refractivity contribution is 6.20. The van der Waals surface area contributed by atoms with Gasteiger partial charge in [0.1, 0.15) is 5.75 Å². The number of halogens is 2. The van der Waals surface area contributed by atoms with Crippen molar-refractivity contribution in [3.63, 3.8) is 0 Å². The first-order valence-corrected chi connectivity index (χ1v) is 18.0. The highest BCUT2D eigenvalue weighted by Crippen LogP contribution is 2.75. The molecule has 0 saturated heterocycles. The SMILES string of the molecule is CNCCN(C)C(O)Oc1cc2c(c3c(C)c[nH]c13)C(CCl)CN2C(=O)C12CC(C(=O)N3CC(CCl)c4c3cc(O)c3[nH]cc(C)c43)(C1)C2. The molecule has 5 aliphatic rings. The second-order valence-corrected chi connectivity index (χ2v) is 15.3. The van der Waals surface area contributed by atoms with Crippen molar-refractivity contribution in [3.05, 3.63) is 46.8 Å². The van der Waals surface area contributed by atoms with E-state index in [4.69, 9.17) is 27.9 Å². The van der Waals surface area contributed by atoms with Crippen LogP contribution in [0.5, 0.6) is 11.5 Å². The molecule has 5 N–H and O–H groups in total. The van der Waals surface area contributed by atoms with Crippen LogP contribution >= 0.6 is 23.2 Å². The number of fused-ring (bicyclic) bond motifs is 6. The lowest BCUT2D eigenvalue weighted by atomic mass is 9.34. The standard InChI is InChI=1S/C36H42Cl2N6O5/c1-18-11-40-30-24(45)7-22-28(26(18)30)20(9-37)13-43(22)32(46)35-15-36(16-35,17-35)33(47)44-14-21(10-38)29-23(44)8-25(31-27(29)19(2)12-41-31)49-34(48)42(4)6-5-39-3/h7-8,11-12,20-21,34,39-41,45,48H,5-6,9-10,13-17H2,1-4H3. The number of aromatic hydroxyl groups is 1. The molecule has 3 unspecified atom stereocenters. The number of aryl methyl sites for hydroxylation is 2. The van der Waals surface area contributed by atoms with Gasteiger partial charge in [-0.05, 0) is 69.5 Å². The number of benzene rings is 2. The predicted molar refractivity (Wildman–Crippen MR) is 191 cm³/mol. The van der Waals surface area contributed by atoms with Gasteiger partial charge in [0, 0.05) is 85.1 Å². The van der Waals surface area contributed by atoms with Crippen molar-refractivity contribution >= 4 is 68.2 Å². The van der Waals surface area contributed by atoms with Gasteiger partial charge in [0.25, 0.3) is 6.41 Å². The minimum Gasteiger partial charge on any atom is -0.506 e. The molecule has 2 bridgehead atoms. The van der Waals surface area contributed by atoms with Gasteiger partial charge < -0.3 is 40.0 Å². The van der Waals surface area contributed by atoms with Crippen molar-refractivity contribution in [2.24, 2.45) is 10.8 Å². The van der Waals surface area contributed by atoms with Crippen molar-refractivity contribution in [3.8, 4) is 11.5 Å². The summed E-state index contributed by atoms with van der Waals surface area (Å²) < 4.78 is 6.12. The zero-order chi connectivity index (χ0) is 34.6. The number of rotatable bonds is 10. The number of phenolic OH excluding ortho intramolecular Hbond substituents is 1. The third kappa shape index (κ3) is 4.58. The number of phenols is 1. The molecule has 3 atom stereocenters. The molecule has 11 nitrogen and oxygen atoms in total. The Bertz CT molecular complexity index is 2000. The molecule has 49 heavy (non-hydrogen) atoms. The molecule has 0 radical (unpaired) electrons. The molecule has 2 aromatic heterocycles. The Morgan fingerprint density at radius 2 is 1.47 bits per heavy atom. The molecule has 13 heteroatoms. The minimum absolute atomic E-state index is 0.000148. The summed E-state index contributed by atoms with van der Waals surface area (Å²) in [4.78, 5) is 40.6. The lowest BCUT2D eigenvalue weighted by Gasteiger charge is -2.69. The van der Waals surface area contributed by atoms with Crippen LogP contribution in [0.1, 0.15) is 53.4 Å². The normalized spacial score (nSPS) is 25.9. The Balaban J connectivity index is 1.07. The lowest BCUT2D eigenvalue weighted by Crippen LogP contribution is -2.73. The van der Waals surface area contributed by atoms with Gasteiger partial charge in [-0.3, -0.25) is 9.59 Å². The van der Waals surface area contributed by atoms with E-state index in [2.05, 4.69) is 15.3 Å². The maximum Gasteiger partial charge on any atom is 0.259 e. The number of carbonyl (C=O) groups is 2. The molecule has 260 valence electrons. The number of likely N-dealkylation sites (N-methyl/N-ethyl adjacent to an activating group) is 2. The fraction of sp³-hybridized carbons (Fsp3) is 0.500. The second kappa shape index (κ2) is 11.5. The molecule has 2 aliphatic heterocycles. The van der Waals surface area contributed by atoms with E-state index >= 15 is 0 Å². The van der Waals surface area contributed by atoms with Crippen LogP contribution in [-0.2, 0) is 9.59 Å². The zero-order valence-corrected chi connectivity index (χ0v) is 29.6. The topological polar surface area (TPSA) is 137 Å². The van der Waals surface area contributed by atoms with Crippen LogP contribution in [0.2, 0.25) is 0 Å². The number of nitrogens with one attached hydrogen (secondary N) is 3. The highest BCUT2D eigenvalue weighted by atomic mass is 35.5. The first-order chi connectivity index (χ1) is 23.5. The largest absolute Gasteiger partial charge is 0.506 e. The van der Waals surface area contributed by atoms with Gasteiger partial charge in [-0.25, -0.2) is 4.90 Å². The number of hydrogen-bond acceptors (Lipinski definition) is 7. The number of H-pyrrole nitrogens is 2. The first-order valence-electron chi connectivity index (χ1n) is 16.9. The number of ether oxygens (including phenoxy) is 1. The number of alkyl halides is 2. The summed E-state index contributed by atoms with van der Waals surface area (Å²) in [5.41, 5.74) is 5.65. The number of aromatic nitrogens is 2. The average molecular weight is 710 g/mol. The number of aromatic amines is 2. The van der Waals surface area contributed by atoms with Crippen molar-refractivity contribution in [2.45, 2.75) is 51.4 Å². The number of aliphatic hydroxyl groups is 1. The van der Waals surface area contributed by atoms with Crippen LogP contribution in [0.3, 0.4) is 0 Å². The maximum atomic E-state index is 14.5. The minimum atomic E-state index is -1.19. The molecule has 3 saturated carbocycles. The Labute approximate surface area is 294 Å². The number of anilines is 2. The Morgan fingerprint density at radius 1 is 0.959 bits per heavy atom. The molecule has 0 spiro atoms. The van der Waals surface area contributed by atoms with Gasteiger partial charge in [-0.2, -0.15) is 0 Å². The van der Waals surface area contributed by atoms with Gasteiger partial charge in [0.15, 0.2) is 5.75 Å². The molecule has 2 amide bonds. The van der Waals surface area contributed by atoms with Crippen molar-refractivity contribution < 1.29 is 24.5 Å². The van der Waals surface area contributed by atoms with Gasteiger partial charge in [0.2, 0.25) is 11.8 Å². The van der Waals surface area contributed by atoms with E-state index in [0.717, 1.165) is 44.2 Å². The van der Waals surface area contributed by atoms with Crippen molar-refractivity contribution in [2.75, 3.05) is 61.8 Å². The summed E-state index contributed by atoms with van der Waals surface area (Å²) in [5, 5.41) is 26.7. The van der Waals surface area contributed by atoms with Crippen LogP contribution < -0.4 is 19.9 Å². The van der Waals surface area contributed by atoms with Crippen molar-refractivity contribution in [1.82, 2.24) is 20.2 Å². The third-order valence-electron chi connectivity index (χ3n) is 11.6. The third-order valence-corrected chi connectivity index (χ3v) is 12.4. The van der Waals surface area contributed by atoms with Crippen LogP contribution in [-0.4, -0.2) is 95.3 Å². The summed E-state index contributed by atoms with van der Waals surface area (Å²) in [6, 6.07) is 3.53. The zero-order valence-electron chi connectivity index (χ0n) is 28.1. The van der Waals surface area contributed by atoms with E-state index in [1.54, 1.807) is 22.9 Å². The van der Waals surface area contributed by atoms with E-state index < -0.39 is 17.2 Å². The smallest absolute Gasteiger partial charge is 0.259 e. The number of amides is 2. The maximum absolute atomic E-state index is 14.5. The number of carbonyl (C=O) groups excluding carboxylic acids is 2. The summed E-state index contributed by atoms with van der Waals surface area (Å²) in [5.74, 6) is 1.14. The van der Waals surface area contributed by atoms with E-state index in [0.29, 0.717) is 74.2 Å². The van der Waals surface area contributed by atoms with Crippen LogP contribution in [0.4, 0.5) is 11.4 Å². The molecule has 3 aliphatic carbocycles. The molecular weight excluding hydrogens is 667 g/mol. The molecule has 9 rings (SSSR count). The van der Waals surface area contributed by atoms with Crippen LogP contribution in [0.25, 0.3) is 21.8 Å². The van der Waals surface area contributed by atoms with Gasteiger partial charge in [-0.15, -0.1) is 23.2 Å². The number of hydrogen-bond donors (Lipinski definition) is 5. The van der Waals surface area contributed by atoms with E-state index in [1.807, 2.05) is 44.3 Å². The van der Waals surface area contributed by atoms with Gasteiger partial charge in [0.05, 0.1) is 33.2 Å². The van der Waals surface area contributed by atoms with Gasteiger partial charge in [-0.1, -0.05) is 0 Å².